The second-order valence-corrected chi connectivity index (χ2v) is 33.9. The summed E-state index contributed by atoms with van der Waals surface area (Å²) in [6.07, 6.45) is 2.46. The predicted molar refractivity (Wildman–Crippen MR) is 560 cm³/mol. The molecule has 21 heteroatoms. The van der Waals surface area contributed by atoms with Crippen molar-refractivity contribution in [2.75, 3.05) is 28.4 Å². The molecule has 0 saturated heterocycles. The molecule has 0 aliphatic heterocycles. The Balaban J connectivity index is 0.000000204. The van der Waals surface area contributed by atoms with Crippen molar-refractivity contribution >= 4 is 104 Å². The molecule has 18 nitrogen and oxygen atoms in total. The van der Waals surface area contributed by atoms with Gasteiger partial charge in [0, 0.05) is 140 Å². The van der Waals surface area contributed by atoms with Crippen LogP contribution in [0.2, 0.25) is 10.0 Å². The summed E-state index contributed by atoms with van der Waals surface area (Å²) in [5, 5.41) is 0.811. The highest BCUT2D eigenvalue weighted by molar-refractivity contribution is 6.35. The number of carbonyl (C=O) groups is 14. The summed E-state index contributed by atoms with van der Waals surface area (Å²) in [6, 6.07) is 101. The van der Waals surface area contributed by atoms with E-state index in [2.05, 4.69) is 0 Å². The average molecular weight is 1960 g/mol. The van der Waals surface area contributed by atoms with Crippen LogP contribution in [-0.4, -0.2) is 109 Å². The molecule has 0 unspecified atom stereocenters. The van der Waals surface area contributed by atoms with Crippen molar-refractivity contribution in [2.45, 2.75) is 131 Å². The maximum Gasteiger partial charge on any atom is 0.167 e. The van der Waals surface area contributed by atoms with E-state index in [-0.39, 0.29) is 176 Å². The number of ketones is 14. The largest absolute Gasteiger partial charge is 0.496 e. The van der Waals surface area contributed by atoms with Crippen LogP contribution >= 0.6 is 23.2 Å². The zero-order chi connectivity index (χ0) is 104. The Morgan fingerprint density at radius 1 is 0.182 bits per heavy atom. The average Bonchev–Trinajstić information content (AvgIpc) is 0.868. The number of hydrogen-bond donors (Lipinski definition) is 0. The molecule has 0 bridgehead atoms. The first kappa shape index (κ1) is 112. The van der Waals surface area contributed by atoms with Crippen LogP contribution < -0.4 is 18.9 Å². The zero-order valence-corrected chi connectivity index (χ0v) is 83.3. The molecule has 0 aliphatic carbocycles. The Morgan fingerprint density at radius 3 is 0.580 bits per heavy atom. The second kappa shape index (κ2) is 59.6. The van der Waals surface area contributed by atoms with E-state index in [0.29, 0.717) is 105 Å². The normalized spacial score (nSPS) is 10.2. The topological polar surface area (TPSA) is 276 Å². The van der Waals surface area contributed by atoms with Crippen molar-refractivity contribution in [3.8, 4) is 23.0 Å². The third-order valence-corrected chi connectivity index (χ3v) is 23.4. The smallest absolute Gasteiger partial charge is 0.167 e. The lowest BCUT2D eigenvalue weighted by Crippen LogP contribution is -2.07. The number of carbonyl (C=O) groups excluding carboxylic acids is 14. The van der Waals surface area contributed by atoms with Crippen LogP contribution in [0.15, 0.2) is 346 Å². The molecule has 0 aliphatic rings. The molecule has 732 valence electrons. The number of rotatable bonds is 39. The van der Waals surface area contributed by atoms with Crippen molar-refractivity contribution in [2.24, 2.45) is 0 Å². The first-order valence-corrected chi connectivity index (χ1v) is 47.2. The zero-order valence-electron chi connectivity index (χ0n) is 81.8. The third-order valence-electron chi connectivity index (χ3n) is 22.8. The molecule has 0 aromatic heterocycles. The van der Waals surface area contributed by atoms with Gasteiger partial charge in [-0.25, -0.2) is 4.39 Å². The summed E-state index contributed by atoms with van der Waals surface area (Å²) in [5.74, 6) is 0.577. The van der Waals surface area contributed by atoms with E-state index in [0.717, 1.165) is 33.4 Å². The Bertz CT molecular complexity index is 6340. The quantitative estimate of drug-likeness (QED) is 0.0324. The van der Waals surface area contributed by atoms with Crippen LogP contribution in [0.3, 0.4) is 0 Å². The summed E-state index contributed by atoms with van der Waals surface area (Å²) in [5.41, 5.74) is 13.8. The molecule has 0 saturated carbocycles. The van der Waals surface area contributed by atoms with E-state index in [1.807, 2.05) is 193 Å². The van der Waals surface area contributed by atoms with Crippen molar-refractivity contribution in [3.63, 3.8) is 0 Å². The summed E-state index contributed by atoms with van der Waals surface area (Å²) in [4.78, 5) is 169. The lowest BCUT2D eigenvalue weighted by Gasteiger charge is -2.08. The van der Waals surface area contributed by atoms with Crippen LogP contribution in [-0.2, 0) is 0 Å². The van der Waals surface area contributed by atoms with Crippen LogP contribution in [0.4, 0.5) is 4.39 Å². The molecule has 0 heterocycles. The van der Waals surface area contributed by atoms with Gasteiger partial charge in [0.2, 0.25) is 0 Å². The van der Waals surface area contributed by atoms with E-state index in [9.17, 15) is 71.5 Å². The molecule has 0 N–H and O–H groups in total. The number of aryl methyl sites for hydroxylation is 6. The van der Waals surface area contributed by atoms with Crippen LogP contribution in [0.1, 0.15) is 268 Å². The number of ether oxygens (including phenoxy) is 4. The highest BCUT2D eigenvalue weighted by Gasteiger charge is 2.23. The number of methoxy groups -OCH3 is 4. The molecule has 0 radical (unpaired) electrons. The van der Waals surface area contributed by atoms with E-state index >= 15 is 0 Å². The Morgan fingerprint density at radius 2 is 0.350 bits per heavy atom. The van der Waals surface area contributed by atoms with Crippen molar-refractivity contribution in [1.29, 1.82) is 0 Å². The number of Topliss-reactive ketones (excluding diaryl/α,β-unsaturated/α-hetero) is 14. The van der Waals surface area contributed by atoms with E-state index in [4.69, 9.17) is 42.1 Å². The second-order valence-electron chi connectivity index (χ2n) is 33.1. The maximum absolute atomic E-state index is 13.4. The summed E-state index contributed by atoms with van der Waals surface area (Å²) >= 11 is 11.9. The molecule has 143 heavy (non-hydrogen) atoms. The SMILES string of the molecule is COc1ccccc1C(=O)CCC(=O)c1ccc(C)cc1.COc1ccccc1C(=O)CCC(=O)c1ccccc1.COc1ccccc1C(=O)CCC(=O)c1ccccc1OC.Cc1ccc(C(=O)CCC(=O)c2ccccc2C)cc1.Cc1ccc(C(=O)CCC(=O)c2ccccc2F)cc1.Cc1ccccc1C(=O)CCC(=O)c1ccccc1C.O=C(CCC(=O)c1ccccc1Cl)c1ccccc1Cl. The third kappa shape index (κ3) is 36.4. The summed E-state index contributed by atoms with van der Waals surface area (Å²) in [6.45, 7) is 11.6. The lowest BCUT2D eigenvalue weighted by molar-refractivity contribution is 0.0914. The highest BCUT2D eigenvalue weighted by Crippen LogP contribution is 2.29. The molecule has 14 aromatic rings. The molecule has 0 atom stereocenters. The maximum atomic E-state index is 13.4. The first-order valence-electron chi connectivity index (χ1n) is 46.5. The number of halogens is 3. The molecule has 0 fully saturated rings. The van der Waals surface area contributed by atoms with Gasteiger partial charge in [-0.3, -0.25) is 67.1 Å². The van der Waals surface area contributed by atoms with Crippen LogP contribution in [0, 0.1) is 47.4 Å². The van der Waals surface area contributed by atoms with Crippen molar-refractivity contribution in [3.05, 3.63) is 473 Å². The van der Waals surface area contributed by atoms with Gasteiger partial charge in [0.15, 0.2) is 81.0 Å². The van der Waals surface area contributed by atoms with E-state index < -0.39 is 5.82 Å². The van der Waals surface area contributed by atoms with Crippen LogP contribution in [0.25, 0.3) is 0 Å². The molecule has 0 amide bonds. The van der Waals surface area contributed by atoms with Gasteiger partial charge in [-0.2, -0.15) is 0 Å². The number of benzene rings is 14. The minimum Gasteiger partial charge on any atom is -0.496 e. The van der Waals surface area contributed by atoms with Gasteiger partial charge < -0.3 is 18.9 Å². The molecule has 14 rings (SSSR count). The van der Waals surface area contributed by atoms with E-state index in [1.165, 1.54) is 46.6 Å². The monoisotopic (exact) mass is 1960 g/mol. The minimum absolute atomic E-state index is 0.0155. The molecular formula is C122H115Cl2FO18. The van der Waals surface area contributed by atoms with Crippen molar-refractivity contribution in [1.82, 2.24) is 0 Å². The Kier molecular flexibility index (Phi) is 46.8. The fraction of sp³-hybridized carbons (Fsp3) is 0.197. The van der Waals surface area contributed by atoms with Gasteiger partial charge in [0.1, 0.15) is 28.8 Å². The summed E-state index contributed by atoms with van der Waals surface area (Å²) in [7, 11) is 6.10. The lowest BCUT2D eigenvalue weighted by atomic mass is 9.97. The standard InChI is InChI=1S/C18H18O4.C18H18O3.2C18H18O2.C17H15FO2.C17H16O3.C16H12Cl2O2/c1-21-17-9-5-3-7-13(17)15(19)11-12-16(20)14-8-4-6-10-18(14)22-2;1-13-7-9-14(10-8-13)16(19)11-12-17(20)15-5-3-4-6-18(15)21-2;1-13-7-3-5-9-15(13)17(19)11-12-18(20)16-10-6-4-8-14(16)2;1-13-7-9-15(10-8-13)17(19)11-12-18(20)16-6-4-3-5-14(16)2;1-12-6-8-13(9-7-12)16(19)10-11-17(20)14-4-2-3-5-15(14)18;1-20-17-10-6-5-9-14(17)16(19)12-11-15(18)13-7-3-2-4-8-13;17-13-7-3-1-5-11(13)15(19)9-10-16(20)12-6-2-4-8-14(12)18/h3-10H,11-12H2,1-2H3;3-10H,11-12H2,1-2H3;2*3-10H,11-12H2,1-2H3;2-9H,10-11H2,1H3;2-10H,11-12H2,1H3;1-8H,9-10H2. The number of para-hydroxylation sites is 4. The van der Waals surface area contributed by atoms with Gasteiger partial charge in [-0.05, 0) is 143 Å². The van der Waals surface area contributed by atoms with Crippen molar-refractivity contribution < 1.29 is 90.5 Å². The Hall–Kier alpha value is -15.8. The number of hydrogen-bond acceptors (Lipinski definition) is 18. The van der Waals surface area contributed by atoms with Gasteiger partial charge in [0.05, 0.1) is 66.3 Å². The fourth-order valence-electron chi connectivity index (χ4n) is 14.6. The highest BCUT2D eigenvalue weighted by atomic mass is 35.5. The molecular weight excluding hydrogens is 1840 g/mol. The van der Waals surface area contributed by atoms with Gasteiger partial charge >= 0.3 is 0 Å². The van der Waals surface area contributed by atoms with Gasteiger partial charge in [0.25, 0.3) is 0 Å². The Labute approximate surface area is 845 Å². The van der Waals surface area contributed by atoms with Crippen LogP contribution in [0.5, 0.6) is 23.0 Å². The summed E-state index contributed by atoms with van der Waals surface area (Å²) < 4.78 is 34.1. The fourth-order valence-corrected chi connectivity index (χ4v) is 15.1. The predicted octanol–water partition coefficient (Wildman–Crippen LogP) is 28.1. The minimum atomic E-state index is -0.541. The van der Waals surface area contributed by atoms with Gasteiger partial charge in [-0.1, -0.05) is 301 Å². The van der Waals surface area contributed by atoms with Gasteiger partial charge in [-0.15, -0.1) is 0 Å². The first-order chi connectivity index (χ1) is 68.8. The molecule has 14 aromatic carbocycles. The van der Waals surface area contributed by atoms with E-state index in [1.54, 1.807) is 176 Å². The molecule has 0 spiro atoms.